The number of sulfonamides is 1. The monoisotopic (exact) mass is 590 g/mol. The first-order valence-electron chi connectivity index (χ1n) is 13.7. The van der Waals surface area contributed by atoms with E-state index < -0.39 is 10.0 Å². The molecular weight excluding hydrogens is 556 g/mol. The Balaban J connectivity index is 1.54. The van der Waals surface area contributed by atoms with E-state index in [2.05, 4.69) is 4.98 Å². The lowest BCUT2D eigenvalue weighted by atomic mass is 10.0. The predicted octanol–water partition coefficient (Wildman–Crippen LogP) is 4.84. The number of aromatic hydroxyl groups is 1. The van der Waals surface area contributed by atoms with Crippen molar-refractivity contribution < 1.29 is 27.8 Å². The van der Waals surface area contributed by atoms with Gasteiger partial charge < -0.3 is 24.5 Å². The van der Waals surface area contributed by atoms with Gasteiger partial charge in [-0.1, -0.05) is 30.3 Å². The SMILES string of the molecule is COc1cc2[nH]c(O)c(C(=Nc3ccc(N(CC(=O)N4CCCCC4)S(C)(=O)=O)cc3)c3ccccc3)c2cc1OC. The highest BCUT2D eigenvalue weighted by Crippen LogP contribution is 2.38. The van der Waals surface area contributed by atoms with E-state index in [-0.39, 0.29) is 18.3 Å². The minimum absolute atomic E-state index is 0.0704. The van der Waals surface area contributed by atoms with Crippen molar-refractivity contribution >= 4 is 43.9 Å². The number of aliphatic imine (C=N–C) groups is 1. The highest BCUT2D eigenvalue weighted by atomic mass is 32.2. The molecule has 220 valence electrons. The van der Waals surface area contributed by atoms with Crippen LogP contribution in [0.5, 0.6) is 17.4 Å². The molecule has 11 heteroatoms. The standard InChI is InChI=1S/C31H34N4O6S/c1-40-26-18-24-25(19-27(26)41-2)33-31(37)29(24)30(21-10-6-4-7-11-21)32-22-12-14-23(15-13-22)35(42(3,38)39)20-28(36)34-16-8-5-9-17-34/h4,6-7,10-15,18-19,33,37H,5,8-9,16-17,20H2,1-3H3. The van der Waals surface area contributed by atoms with E-state index in [1.165, 1.54) is 0 Å². The van der Waals surface area contributed by atoms with Crippen LogP contribution in [0.2, 0.25) is 0 Å². The number of methoxy groups -OCH3 is 2. The third-order valence-electron chi connectivity index (χ3n) is 7.33. The summed E-state index contributed by atoms with van der Waals surface area (Å²) in [7, 11) is -0.628. The van der Waals surface area contributed by atoms with Crippen molar-refractivity contribution in [3.63, 3.8) is 0 Å². The van der Waals surface area contributed by atoms with Gasteiger partial charge in [0, 0.05) is 30.1 Å². The van der Waals surface area contributed by atoms with Gasteiger partial charge in [-0.3, -0.25) is 9.10 Å². The van der Waals surface area contributed by atoms with Crippen LogP contribution < -0.4 is 13.8 Å². The Hall–Kier alpha value is -4.51. The Kier molecular flexibility index (Phi) is 8.39. The van der Waals surface area contributed by atoms with Gasteiger partial charge in [0.25, 0.3) is 0 Å². The Morgan fingerprint density at radius 1 is 0.976 bits per heavy atom. The molecule has 3 aromatic carbocycles. The topological polar surface area (TPSA) is 125 Å². The average molecular weight is 591 g/mol. The molecule has 10 nitrogen and oxygen atoms in total. The minimum Gasteiger partial charge on any atom is -0.494 e. The number of piperidine rings is 1. The molecule has 1 fully saturated rings. The molecule has 2 N–H and O–H groups in total. The van der Waals surface area contributed by atoms with Crippen LogP contribution in [-0.2, 0) is 14.8 Å². The van der Waals surface area contributed by atoms with Crippen LogP contribution in [0.25, 0.3) is 10.9 Å². The first-order valence-corrected chi connectivity index (χ1v) is 15.5. The van der Waals surface area contributed by atoms with Crippen molar-refractivity contribution in [3.05, 3.63) is 77.9 Å². The molecule has 0 radical (unpaired) electrons. The van der Waals surface area contributed by atoms with Gasteiger partial charge in [-0.05, 0) is 49.6 Å². The summed E-state index contributed by atoms with van der Waals surface area (Å²) in [4.78, 5) is 22.5. The van der Waals surface area contributed by atoms with E-state index in [1.807, 2.05) is 30.3 Å². The number of nitrogens with zero attached hydrogens (tertiary/aromatic N) is 3. The second-order valence-corrected chi connectivity index (χ2v) is 12.1. The van der Waals surface area contributed by atoms with E-state index in [0.717, 1.165) is 35.4 Å². The number of carbonyl (C=O) groups is 1. The first kappa shape index (κ1) is 29.0. The summed E-state index contributed by atoms with van der Waals surface area (Å²) in [5.41, 5.74) is 3.28. The number of fused-ring (bicyclic) bond motifs is 1. The molecular formula is C31H34N4O6S. The summed E-state index contributed by atoms with van der Waals surface area (Å²) in [6.07, 6.45) is 4.02. The van der Waals surface area contributed by atoms with Gasteiger partial charge in [-0.25, -0.2) is 13.4 Å². The van der Waals surface area contributed by atoms with Crippen molar-refractivity contribution in [1.82, 2.24) is 9.88 Å². The van der Waals surface area contributed by atoms with Crippen LogP contribution in [-0.4, -0.2) is 75.1 Å². The smallest absolute Gasteiger partial charge is 0.243 e. The number of hydrogen-bond donors (Lipinski definition) is 2. The first-order chi connectivity index (χ1) is 20.2. The summed E-state index contributed by atoms with van der Waals surface area (Å²) in [5, 5.41) is 11.7. The Morgan fingerprint density at radius 3 is 2.24 bits per heavy atom. The fraction of sp³-hybridized carbons (Fsp3) is 0.290. The normalized spacial score (nSPS) is 14.2. The van der Waals surface area contributed by atoms with Crippen LogP contribution in [0, 0.1) is 0 Å². The maximum atomic E-state index is 12.9. The number of aromatic nitrogens is 1. The van der Waals surface area contributed by atoms with Gasteiger partial charge in [0.05, 0.1) is 48.6 Å². The number of aromatic amines is 1. The number of benzene rings is 3. The maximum Gasteiger partial charge on any atom is 0.243 e. The Morgan fingerprint density at radius 2 is 1.62 bits per heavy atom. The molecule has 5 rings (SSSR count). The average Bonchev–Trinajstić information content (AvgIpc) is 3.32. The number of H-pyrrole nitrogens is 1. The fourth-order valence-corrected chi connectivity index (χ4v) is 6.05. The molecule has 0 spiro atoms. The van der Waals surface area contributed by atoms with Gasteiger partial charge >= 0.3 is 0 Å². The minimum atomic E-state index is -3.72. The Bertz CT molecular complexity index is 1710. The van der Waals surface area contributed by atoms with E-state index in [4.69, 9.17) is 14.5 Å². The summed E-state index contributed by atoms with van der Waals surface area (Å²) >= 11 is 0. The number of hydrogen-bond acceptors (Lipinski definition) is 7. The molecule has 42 heavy (non-hydrogen) atoms. The summed E-state index contributed by atoms with van der Waals surface area (Å²) < 4.78 is 37.4. The largest absolute Gasteiger partial charge is 0.494 e. The zero-order chi connectivity index (χ0) is 29.9. The van der Waals surface area contributed by atoms with E-state index in [1.54, 1.807) is 55.5 Å². The molecule has 1 aliphatic rings. The highest BCUT2D eigenvalue weighted by Gasteiger charge is 2.25. The molecule has 0 unspecified atom stereocenters. The van der Waals surface area contributed by atoms with Gasteiger partial charge in [-0.2, -0.15) is 0 Å². The molecule has 0 atom stereocenters. The molecule has 1 aromatic heterocycles. The van der Waals surface area contributed by atoms with Crippen molar-refractivity contribution in [2.75, 3.05) is 44.4 Å². The maximum absolute atomic E-state index is 12.9. The lowest BCUT2D eigenvalue weighted by Crippen LogP contribution is -2.44. The highest BCUT2D eigenvalue weighted by molar-refractivity contribution is 7.92. The molecule has 0 saturated carbocycles. The lowest BCUT2D eigenvalue weighted by Gasteiger charge is -2.30. The van der Waals surface area contributed by atoms with Crippen molar-refractivity contribution in [1.29, 1.82) is 0 Å². The number of ether oxygens (including phenoxy) is 2. The second kappa shape index (κ2) is 12.2. The summed E-state index contributed by atoms with van der Waals surface area (Å²) in [6.45, 7) is 1.03. The van der Waals surface area contributed by atoms with Crippen LogP contribution in [0.1, 0.15) is 30.4 Å². The zero-order valence-electron chi connectivity index (χ0n) is 23.8. The zero-order valence-corrected chi connectivity index (χ0v) is 24.6. The molecule has 2 heterocycles. The molecule has 4 aromatic rings. The van der Waals surface area contributed by atoms with E-state index in [9.17, 15) is 18.3 Å². The summed E-state index contributed by atoms with van der Waals surface area (Å²) in [5.74, 6) is 0.734. The van der Waals surface area contributed by atoms with Crippen molar-refractivity contribution in [2.45, 2.75) is 19.3 Å². The van der Waals surface area contributed by atoms with Crippen molar-refractivity contribution in [2.24, 2.45) is 4.99 Å². The Labute approximate surface area is 245 Å². The molecule has 1 saturated heterocycles. The number of carbonyl (C=O) groups excluding carboxylic acids is 1. The van der Waals surface area contributed by atoms with E-state index >= 15 is 0 Å². The molecule has 1 aliphatic heterocycles. The predicted molar refractivity (Wildman–Crippen MR) is 164 cm³/mol. The van der Waals surface area contributed by atoms with Gasteiger partial charge in [0.15, 0.2) is 17.4 Å². The number of anilines is 1. The van der Waals surface area contributed by atoms with Crippen LogP contribution in [0.3, 0.4) is 0 Å². The fourth-order valence-electron chi connectivity index (χ4n) is 5.20. The van der Waals surface area contributed by atoms with Crippen molar-refractivity contribution in [3.8, 4) is 17.4 Å². The quantitative estimate of drug-likeness (QED) is 0.269. The third-order valence-corrected chi connectivity index (χ3v) is 8.47. The third kappa shape index (κ3) is 6.06. The van der Waals surface area contributed by atoms with Crippen LogP contribution in [0.15, 0.2) is 71.7 Å². The molecule has 1 amide bonds. The second-order valence-electron chi connectivity index (χ2n) is 10.2. The number of amides is 1. The number of likely N-dealkylation sites (tertiary alicyclic amines) is 1. The van der Waals surface area contributed by atoms with E-state index in [0.29, 0.717) is 58.1 Å². The lowest BCUT2D eigenvalue weighted by molar-refractivity contribution is -0.130. The van der Waals surface area contributed by atoms with Crippen LogP contribution >= 0.6 is 0 Å². The molecule has 0 aliphatic carbocycles. The summed E-state index contributed by atoms with van der Waals surface area (Å²) in [6, 6.07) is 19.6. The van der Waals surface area contributed by atoms with Gasteiger partial charge in [0.2, 0.25) is 15.9 Å². The number of nitrogens with one attached hydrogen (secondary N) is 1. The van der Waals surface area contributed by atoms with Gasteiger partial charge in [-0.15, -0.1) is 0 Å². The molecule has 0 bridgehead atoms. The van der Waals surface area contributed by atoms with Crippen LogP contribution in [0.4, 0.5) is 11.4 Å². The number of rotatable bonds is 9. The van der Waals surface area contributed by atoms with Gasteiger partial charge in [0.1, 0.15) is 6.54 Å².